The third-order valence-electron chi connectivity index (χ3n) is 2.66. The van der Waals surface area contributed by atoms with Crippen molar-refractivity contribution in [3.8, 4) is 5.75 Å². The fraction of sp³-hybridized carbons (Fsp3) is 0.333. The van der Waals surface area contributed by atoms with Crippen LogP contribution in [0.4, 0.5) is 0 Å². The second-order valence-electron chi connectivity index (χ2n) is 3.89. The number of aromatic hydroxyl groups is 1. The second kappa shape index (κ2) is 4.08. The van der Waals surface area contributed by atoms with E-state index in [-0.39, 0.29) is 12.4 Å². The summed E-state index contributed by atoms with van der Waals surface area (Å²) in [4.78, 5) is 23.5. The Bertz CT molecular complexity index is 556. The Labute approximate surface area is 98.0 Å². The van der Waals surface area contributed by atoms with E-state index in [1.807, 2.05) is 0 Å². The maximum Gasteiger partial charge on any atom is 0.333 e. The lowest BCUT2D eigenvalue weighted by Gasteiger charge is -2.15. The van der Waals surface area contributed by atoms with Crippen LogP contribution in [0.2, 0.25) is 0 Å². The highest BCUT2D eigenvalue weighted by Gasteiger charge is 2.30. The molecule has 5 nitrogen and oxygen atoms in total. The minimum atomic E-state index is -0.710. The summed E-state index contributed by atoms with van der Waals surface area (Å²) in [5.74, 6) is -0.553. The van der Waals surface area contributed by atoms with E-state index in [2.05, 4.69) is 0 Å². The Morgan fingerprint density at radius 2 is 2.24 bits per heavy atom. The summed E-state index contributed by atoms with van der Waals surface area (Å²) in [7, 11) is 0. The molecule has 0 spiro atoms. The average Bonchev–Trinajstić information content (AvgIpc) is 2.54. The van der Waals surface area contributed by atoms with E-state index in [0.29, 0.717) is 5.69 Å². The van der Waals surface area contributed by atoms with Gasteiger partial charge >= 0.3 is 5.97 Å². The van der Waals surface area contributed by atoms with Crippen molar-refractivity contribution in [3.63, 3.8) is 0 Å². The molecule has 1 aliphatic rings. The van der Waals surface area contributed by atoms with E-state index < -0.39 is 17.6 Å². The van der Waals surface area contributed by atoms with E-state index in [1.54, 1.807) is 19.9 Å². The number of pyridine rings is 1. The van der Waals surface area contributed by atoms with Crippen molar-refractivity contribution >= 4 is 12.0 Å². The largest absolute Gasteiger partial charge is 0.508 e. The van der Waals surface area contributed by atoms with Crippen molar-refractivity contribution < 1.29 is 14.6 Å². The monoisotopic (exact) mass is 235 g/mol. The van der Waals surface area contributed by atoms with Gasteiger partial charge in [0.2, 0.25) is 0 Å². The van der Waals surface area contributed by atoms with Gasteiger partial charge in [-0.15, -0.1) is 0 Å². The van der Waals surface area contributed by atoms with Gasteiger partial charge in [-0.2, -0.15) is 0 Å². The number of carbonyl (C=O) groups is 1. The normalized spacial score (nSPS) is 17.5. The van der Waals surface area contributed by atoms with Crippen LogP contribution in [0.5, 0.6) is 5.75 Å². The molecular formula is C12H13NO4. The smallest absolute Gasteiger partial charge is 0.333 e. The molecule has 0 fully saturated rings. The van der Waals surface area contributed by atoms with Gasteiger partial charge in [0.15, 0.2) is 6.04 Å². The number of hydrogen-bond donors (Lipinski definition) is 1. The van der Waals surface area contributed by atoms with Crippen molar-refractivity contribution in [2.24, 2.45) is 0 Å². The number of esters is 1. The molecule has 1 atom stereocenters. The maximum atomic E-state index is 11.8. The number of fused-ring (bicyclic) bond motifs is 1. The lowest BCUT2D eigenvalue weighted by molar-refractivity contribution is -0.145. The minimum absolute atomic E-state index is 0.102. The van der Waals surface area contributed by atoms with Gasteiger partial charge in [0.25, 0.3) is 5.56 Å². The van der Waals surface area contributed by atoms with Crippen molar-refractivity contribution in [2.45, 2.75) is 19.9 Å². The zero-order valence-corrected chi connectivity index (χ0v) is 9.64. The molecule has 1 N–H and O–H groups in total. The van der Waals surface area contributed by atoms with Crippen LogP contribution >= 0.6 is 0 Å². The van der Waals surface area contributed by atoms with Crippen LogP contribution in [-0.4, -0.2) is 22.2 Å². The second-order valence-corrected chi connectivity index (χ2v) is 3.89. The van der Waals surface area contributed by atoms with Gasteiger partial charge in [-0.05, 0) is 25.5 Å². The van der Waals surface area contributed by atoms with Crippen LogP contribution in [0.3, 0.4) is 0 Å². The van der Waals surface area contributed by atoms with Gasteiger partial charge in [0.1, 0.15) is 5.75 Å². The molecule has 1 aliphatic heterocycles. The number of ether oxygens (including phenoxy) is 1. The van der Waals surface area contributed by atoms with Crippen LogP contribution in [0.15, 0.2) is 22.5 Å². The first kappa shape index (κ1) is 11.4. The Kier molecular flexibility index (Phi) is 2.75. The Hall–Kier alpha value is -2.04. The molecule has 1 aromatic rings. The minimum Gasteiger partial charge on any atom is -0.508 e. The number of nitrogens with zero attached hydrogens (tertiary/aromatic N) is 1. The first-order valence-corrected chi connectivity index (χ1v) is 5.35. The summed E-state index contributed by atoms with van der Waals surface area (Å²) in [6.07, 6.45) is 1.70. The number of carbonyl (C=O) groups excluding carboxylic acids is 1. The zero-order chi connectivity index (χ0) is 12.6. The van der Waals surface area contributed by atoms with Crippen LogP contribution < -0.4 is 5.56 Å². The molecule has 0 radical (unpaired) electrons. The highest BCUT2D eigenvalue weighted by Crippen LogP contribution is 2.29. The summed E-state index contributed by atoms with van der Waals surface area (Å²) in [6.45, 7) is 3.74. The summed E-state index contributed by atoms with van der Waals surface area (Å²) >= 11 is 0. The fourth-order valence-electron chi connectivity index (χ4n) is 2.00. The predicted octanol–water partition coefficient (Wildman–Crippen LogP) is 1.07. The van der Waals surface area contributed by atoms with Crippen LogP contribution in [0.1, 0.15) is 25.6 Å². The fourth-order valence-corrected chi connectivity index (χ4v) is 2.00. The lowest BCUT2D eigenvalue weighted by Crippen LogP contribution is -2.29. The third-order valence-corrected chi connectivity index (χ3v) is 2.66. The van der Waals surface area contributed by atoms with E-state index in [0.717, 1.165) is 11.6 Å². The molecule has 0 saturated heterocycles. The number of aromatic nitrogens is 1. The molecule has 2 heterocycles. The zero-order valence-electron chi connectivity index (χ0n) is 9.64. The Balaban J connectivity index is 2.52. The van der Waals surface area contributed by atoms with Gasteiger partial charge in [-0.25, -0.2) is 4.79 Å². The maximum absolute atomic E-state index is 11.8. The first-order chi connectivity index (χ1) is 8.04. The molecule has 0 aromatic carbocycles. The van der Waals surface area contributed by atoms with Gasteiger partial charge < -0.3 is 9.84 Å². The van der Waals surface area contributed by atoms with Gasteiger partial charge in [0.05, 0.1) is 6.61 Å². The van der Waals surface area contributed by atoms with Gasteiger partial charge in [-0.1, -0.05) is 0 Å². The van der Waals surface area contributed by atoms with Crippen molar-refractivity contribution in [2.75, 3.05) is 6.61 Å². The third kappa shape index (κ3) is 1.84. The van der Waals surface area contributed by atoms with Crippen LogP contribution in [0, 0.1) is 0 Å². The summed E-state index contributed by atoms with van der Waals surface area (Å²) < 4.78 is 6.26. The van der Waals surface area contributed by atoms with Crippen LogP contribution in [-0.2, 0) is 9.53 Å². The SMILES string of the molecule is CCOC(=O)C1C(C)=Cc2cc(O)cc(=O)n21. The molecule has 0 bridgehead atoms. The van der Waals surface area contributed by atoms with Gasteiger partial charge in [-0.3, -0.25) is 9.36 Å². The topological polar surface area (TPSA) is 68.5 Å². The van der Waals surface area contributed by atoms with E-state index in [4.69, 9.17) is 4.74 Å². The average molecular weight is 235 g/mol. The summed E-state index contributed by atoms with van der Waals surface area (Å²) in [6, 6.07) is 1.82. The number of rotatable bonds is 2. The quantitative estimate of drug-likeness (QED) is 0.779. The highest BCUT2D eigenvalue weighted by molar-refractivity contribution is 5.82. The molecule has 1 aromatic heterocycles. The van der Waals surface area contributed by atoms with E-state index in [9.17, 15) is 14.7 Å². The molecule has 2 rings (SSSR count). The molecule has 0 saturated carbocycles. The van der Waals surface area contributed by atoms with Gasteiger partial charge in [0, 0.05) is 17.8 Å². The standard InChI is InChI=1S/C12H13NO4/c1-3-17-12(16)11-7(2)4-8-5-9(14)6-10(15)13(8)11/h4-6,11,14H,3H2,1-2H3. The summed E-state index contributed by atoms with van der Waals surface area (Å²) in [5.41, 5.74) is 0.836. The molecule has 0 amide bonds. The molecule has 1 unspecified atom stereocenters. The molecule has 0 aliphatic carbocycles. The lowest BCUT2D eigenvalue weighted by atomic mass is 10.1. The number of hydrogen-bond acceptors (Lipinski definition) is 4. The Morgan fingerprint density at radius 1 is 1.53 bits per heavy atom. The van der Waals surface area contributed by atoms with Crippen molar-refractivity contribution in [1.82, 2.24) is 4.57 Å². The van der Waals surface area contributed by atoms with Crippen molar-refractivity contribution in [1.29, 1.82) is 0 Å². The highest BCUT2D eigenvalue weighted by atomic mass is 16.5. The van der Waals surface area contributed by atoms with E-state index in [1.165, 1.54) is 10.6 Å². The predicted molar refractivity (Wildman–Crippen MR) is 61.7 cm³/mol. The first-order valence-electron chi connectivity index (χ1n) is 5.35. The molecule has 5 heteroatoms. The molecular weight excluding hydrogens is 222 g/mol. The van der Waals surface area contributed by atoms with Crippen LogP contribution in [0.25, 0.3) is 6.08 Å². The summed E-state index contributed by atoms with van der Waals surface area (Å²) in [5, 5.41) is 9.33. The van der Waals surface area contributed by atoms with Crippen molar-refractivity contribution in [3.05, 3.63) is 33.8 Å². The van der Waals surface area contributed by atoms with E-state index >= 15 is 0 Å². The Morgan fingerprint density at radius 3 is 2.88 bits per heavy atom. The molecule has 90 valence electrons. The molecule has 17 heavy (non-hydrogen) atoms.